The average Bonchev–Trinajstić information content (AvgIpc) is 3.37. The highest BCUT2D eigenvalue weighted by molar-refractivity contribution is 5.96. The lowest BCUT2D eigenvalue weighted by Gasteiger charge is -2.34. The fourth-order valence-electron chi connectivity index (χ4n) is 5.41. The molecule has 0 atom stereocenters. The van der Waals surface area contributed by atoms with Crippen LogP contribution >= 0.6 is 0 Å². The van der Waals surface area contributed by atoms with Gasteiger partial charge < -0.3 is 24.5 Å². The number of fused-ring (bicyclic) bond motifs is 2. The minimum Gasteiger partial charge on any atom is -0.381 e. The Balaban J connectivity index is 1.34. The van der Waals surface area contributed by atoms with Gasteiger partial charge in [0.2, 0.25) is 5.95 Å². The fourth-order valence-corrected chi connectivity index (χ4v) is 5.41. The number of likely N-dealkylation sites (tertiary alicyclic amines) is 1. The Hall–Kier alpha value is -3.04. The third kappa shape index (κ3) is 3.63. The first-order chi connectivity index (χ1) is 16.5. The largest absolute Gasteiger partial charge is 0.381 e. The van der Waals surface area contributed by atoms with E-state index in [1.165, 1.54) is 0 Å². The first-order valence-corrected chi connectivity index (χ1v) is 12.0. The molecule has 4 aromatic rings. The van der Waals surface area contributed by atoms with Crippen molar-refractivity contribution < 1.29 is 9.13 Å². The highest BCUT2D eigenvalue weighted by atomic mass is 19.1. The number of halogens is 1. The summed E-state index contributed by atoms with van der Waals surface area (Å²) in [5.41, 5.74) is 3.72. The van der Waals surface area contributed by atoms with Gasteiger partial charge in [0, 0.05) is 42.5 Å². The van der Waals surface area contributed by atoms with Crippen molar-refractivity contribution in [3.05, 3.63) is 36.2 Å². The fraction of sp³-hybridized carbons (Fsp3) is 0.480. The summed E-state index contributed by atoms with van der Waals surface area (Å²) in [6.45, 7) is 4.05. The number of piperidine rings is 1. The predicted molar refractivity (Wildman–Crippen MR) is 131 cm³/mol. The Kier molecular flexibility index (Phi) is 5.26. The summed E-state index contributed by atoms with van der Waals surface area (Å²) >= 11 is 0. The van der Waals surface area contributed by atoms with Crippen LogP contribution in [0.4, 0.5) is 10.3 Å². The van der Waals surface area contributed by atoms with E-state index >= 15 is 4.39 Å². The summed E-state index contributed by atoms with van der Waals surface area (Å²) in [5.74, 6) is 1.16. The SMILES string of the molecule is COC1CC(Nc2ncc3c(-c4cc(F)c5nc(C)n(C6CCN(C)CC6)c5c4)c[nH]c3n2)C1. The number of aryl methyl sites for hydroxylation is 1. The van der Waals surface area contributed by atoms with Gasteiger partial charge in [0.1, 0.15) is 17.0 Å². The van der Waals surface area contributed by atoms with E-state index in [0.717, 1.165) is 72.3 Å². The Bertz CT molecular complexity index is 1350. The number of nitrogens with zero attached hydrogens (tertiary/aromatic N) is 5. The molecule has 2 fully saturated rings. The van der Waals surface area contributed by atoms with E-state index in [1.54, 1.807) is 13.2 Å². The van der Waals surface area contributed by atoms with Crippen molar-refractivity contribution in [1.82, 2.24) is 29.4 Å². The van der Waals surface area contributed by atoms with E-state index < -0.39 is 0 Å². The van der Waals surface area contributed by atoms with Crippen molar-refractivity contribution >= 4 is 28.0 Å². The molecule has 1 saturated carbocycles. The van der Waals surface area contributed by atoms with Gasteiger partial charge in [-0.05, 0) is 70.4 Å². The van der Waals surface area contributed by atoms with Crippen LogP contribution in [0.1, 0.15) is 37.5 Å². The van der Waals surface area contributed by atoms with Crippen LogP contribution in [-0.2, 0) is 4.74 Å². The standard InChI is InChI=1S/C25H30FN7O/c1-14-29-23-21(26)8-15(9-22(23)33(14)17-4-6-32(2)7-5-17)19-12-27-24-20(19)13-28-25(31-24)30-16-10-18(11-16)34-3/h8-9,12-13,16-18H,4-7,10-11H2,1-3H3,(H2,27,28,30,31). The van der Waals surface area contributed by atoms with Crippen molar-refractivity contribution in [3.63, 3.8) is 0 Å². The summed E-state index contributed by atoms with van der Waals surface area (Å²) < 4.78 is 22.8. The van der Waals surface area contributed by atoms with Crippen molar-refractivity contribution in [3.8, 4) is 11.1 Å². The van der Waals surface area contributed by atoms with Crippen molar-refractivity contribution in [2.75, 3.05) is 32.6 Å². The van der Waals surface area contributed by atoms with Gasteiger partial charge in [-0.15, -0.1) is 0 Å². The molecule has 1 saturated heterocycles. The highest BCUT2D eigenvalue weighted by Crippen LogP contribution is 2.35. The molecular weight excluding hydrogens is 433 g/mol. The van der Waals surface area contributed by atoms with Crippen LogP contribution in [0.15, 0.2) is 24.5 Å². The Morgan fingerprint density at radius 2 is 1.97 bits per heavy atom. The van der Waals surface area contributed by atoms with Gasteiger partial charge in [-0.2, -0.15) is 4.98 Å². The van der Waals surface area contributed by atoms with Gasteiger partial charge in [-0.3, -0.25) is 0 Å². The first-order valence-electron chi connectivity index (χ1n) is 12.0. The zero-order valence-electron chi connectivity index (χ0n) is 19.8. The van der Waals surface area contributed by atoms with Gasteiger partial charge >= 0.3 is 0 Å². The number of ether oxygens (including phenoxy) is 1. The Morgan fingerprint density at radius 1 is 1.18 bits per heavy atom. The molecule has 1 aromatic carbocycles. The Labute approximate surface area is 197 Å². The maximum absolute atomic E-state index is 15.2. The second-order valence-corrected chi connectivity index (χ2v) is 9.72. The third-order valence-electron chi connectivity index (χ3n) is 7.48. The highest BCUT2D eigenvalue weighted by Gasteiger charge is 2.29. The number of anilines is 1. The van der Waals surface area contributed by atoms with Gasteiger partial charge in [-0.25, -0.2) is 14.4 Å². The van der Waals surface area contributed by atoms with E-state index in [0.29, 0.717) is 29.7 Å². The number of aromatic nitrogens is 5. The van der Waals surface area contributed by atoms with Gasteiger partial charge in [-0.1, -0.05) is 0 Å². The second kappa shape index (κ2) is 8.32. The van der Waals surface area contributed by atoms with Gasteiger partial charge in [0.25, 0.3) is 0 Å². The van der Waals surface area contributed by atoms with Crippen molar-refractivity contribution in [1.29, 1.82) is 0 Å². The molecule has 0 spiro atoms. The number of benzene rings is 1. The molecule has 3 aromatic heterocycles. The number of hydrogen-bond donors (Lipinski definition) is 2. The van der Waals surface area contributed by atoms with Gasteiger partial charge in [0.15, 0.2) is 5.82 Å². The molecule has 0 amide bonds. The molecule has 6 rings (SSSR count). The number of nitrogens with one attached hydrogen (secondary N) is 2. The average molecular weight is 464 g/mol. The monoisotopic (exact) mass is 463 g/mol. The number of H-pyrrole nitrogens is 1. The molecule has 1 aliphatic carbocycles. The van der Waals surface area contributed by atoms with E-state index in [2.05, 4.69) is 47.8 Å². The van der Waals surface area contributed by atoms with E-state index in [1.807, 2.05) is 19.3 Å². The van der Waals surface area contributed by atoms with E-state index in [9.17, 15) is 0 Å². The van der Waals surface area contributed by atoms with Crippen LogP contribution in [0.25, 0.3) is 33.2 Å². The van der Waals surface area contributed by atoms with Gasteiger partial charge in [0.05, 0.1) is 11.6 Å². The minimum absolute atomic E-state index is 0.298. The zero-order valence-corrected chi connectivity index (χ0v) is 19.8. The quantitative estimate of drug-likeness (QED) is 0.460. The molecular formula is C25H30FN7O. The molecule has 34 heavy (non-hydrogen) atoms. The summed E-state index contributed by atoms with van der Waals surface area (Å²) in [6.07, 6.45) is 8.00. The van der Waals surface area contributed by atoms with Crippen LogP contribution in [0.5, 0.6) is 0 Å². The predicted octanol–water partition coefficient (Wildman–Crippen LogP) is 4.28. The van der Waals surface area contributed by atoms with E-state index in [-0.39, 0.29) is 5.82 Å². The molecule has 9 heteroatoms. The normalized spacial score (nSPS) is 21.9. The summed E-state index contributed by atoms with van der Waals surface area (Å²) in [4.78, 5) is 19.3. The number of aromatic amines is 1. The van der Waals surface area contributed by atoms with Crippen LogP contribution in [0.2, 0.25) is 0 Å². The third-order valence-corrected chi connectivity index (χ3v) is 7.48. The topological polar surface area (TPSA) is 83.9 Å². The number of rotatable bonds is 5. The zero-order chi connectivity index (χ0) is 23.4. The number of hydrogen-bond acceptors (Lipinski definition) is 6. The van der Waals surface area contributed by atoms with Crippen molar-refractivity contribution in [2.24, 2.45) is 0 Å². The molecule has 0 radical (unpaired) electrons. The molecule has 2 aliphatic rings. The molecule has 2 N–H and O–H groups in total. The van der Waals surface area contributed by atoms with Crippen LogP contribution in [0.3, 0.4) is 0 Å². The Morgan fingerprint density at radius 3 is 2.74 bits per heavy atom. The summed E-state index contributed by atoms with van der Waals surface area (Å²) in [6, 6.07) is 4.29. The molecule has 8 nitrogen and oxygen atoms in total. The first kappa shape index (κ1) is 21.5. The number of methoxy groups -OCH3 is 1. The summed E-state index contributed by atoms with van der Waals surface area (Å²) in [5, 5.41) is 4.24. The molecule has 4 heterocycles. The minimum atomic E-state index is -0.298. The molecule has 1 aliphatic heterocycles. The van der Waals surface area contributed by atoms with E-state index in [4.69, 9.17) is 4.74 Å². The van der Waals surface area contributed by atoms with Crippen LogP contribution < -0.4 is 5.32 Å². The van der Waals surface area contributed by atoms with Crippen LogP contribution in [0, 0.1) is 12.7 Å². The molecule has 178 valence electrons. The summed E-state index contributed by atoms with van der Waals surface area (Å²) in [7, 11) is 3.89. The smallest absolute Gasteiger partial charge is 0.224 e. The lowest BCUT2D eigenvalue weighted by atomic mass is 9.89. The second-order valence-electron chi connectivity index (χ2n) is 9.72. The lowest BCUT2D eigenvalue weighted by Crippen LogP contribution is -2.40. The van der Waals surface area contributed by atoms with Crippen LogP contribution in [-0.4, -0.2) is 68.8 Å². The molecule has 0 unspecified atom stereocenters. The molecule has 0 bridgehead atoms. The lowest BCUT2D eigenvalue weighted by molar-refractivity contribution is 0.0327. The maximum Gasteiger partial charge on any atom is 0.224 e. The maximum atomic E-state index is 15.2. The number of imidazole rings is 1. The van der Waals surface area contributed by atoms with Crippen molar-refractivity contribution in [2.45, 2.75) is 50.8 Å².